The Labute approximate surface area is 104 Å². The lowest BCUT2D eigenvalue weighted by Gasteiger charge is -2.30. The van der Waals surface area contributed by atoms with Crippen LogP contribution < -0.4 is 10.5 Å². The topological polar surface area (TPSA) is 72.2 Å². The summed E-state index contributed by atoms with van der Waals surface area (Å²) in [5.74, 6) is -0.175. The predicted octanol–water partition coefficient (Wildman–Crippen LogP) is 1.20. The molecule has 0 aliphatic heterocycles. The highest BCUT2D eigenvalue weighted by Crippen LogP contribution is 2.15. The zero-order chi connectivity index (χ0) is 11.9. The molecule has 4 nitrogen and oxygen atoms in total. The number of nitrogens with one attached hydrogen (secondary N) is 1. The lowest BCUT2D eigenvalue weighted by Crippen LogP contribution is -2.53. The number of rotatable bonds is 8. The van der Waals surface area contributed by atoms with E-state index in [1.807, 2.05) is 13.8 Å². The van der Waals surface area contributed by atoms with E-state index < -0.39 is 22.2 Å². The minimum Gasteiger partial charge on any atom is -0.329 e. The summed E-state index contributed by atoms with van der Waals surface area (Å²) in [6, 6.07) is 0. The number of nitrogens with two attached hydrogens (primary N) is 1. The highest BCUT2D eigenvalue weighted by molar-refractivity contribution is 7.89. The van der Waals surface area contributed by atoms with Gasteiger partial charge in [0.2, 0.25) is 10.0 Å². The molecule has 0 saturated heterocycles. The fourth-order valence-electron chi connectivity index (χ4n) is 1.35. The Bertz CT molecular complexity index is 260. The summed E-state index contributed by atoms with van der Waals surface area (Å²) in [7, 11) is -3.41. The quantitative estimate of drug-likeness (QED) is 0.700. The maximum Gasteiger partial charge on any atom is 0.212 e. The molecule has 0 atom stereocenters. The average Bonchev–Trinajstić information content (AvgIpc) is 2.23. The van der Waals surface area contributed by atoms with Crippen molar-refractivity contribution in [2.24, 2.45) is 5.73 Å². The summed E-state index contributed by atoms with van der Waals surface area (Å²) in [5, 5.41) is 0. The van der Waals surface area contributed by atoms with Crippen LogP contribution in [-0.2, 0) is 10.0 Å². The van der Waals surface area contributed by atoms with E-state index in [2.05, 4.69) is 4.72 Å². The second kappa shape index (κ2) is 8.22. The molecule has 100 valence electrons. The van der Waals surface area contributed by atoms with E-state index >= 15 is 0 Å². The van der Waals surface area contributed by atoms with Gasteiger partial charge in [-0.25, -0.2) is 13.1 Å². The van der Waals surface area contributed by atoms with E-state index in [9.17, 15) is 12.8 Å². The second-order valence-electron chi connectivity index (χ2n) is 3.66. The molecule has 0 heterocycles. The normalized spacial score (nSPS) is 12.2. The van der Waals surface area contributed by atoms with E-state index in [0.717, 1.165) is 0 Å². The van der Waals surface area contributed by atoms with Crippen molar-refractivity contribution in [2.45, 2.75) is 38.6 Å². The van der Waals surface area contributed by atoms with Gasteiger partial charge < -0.3 is 5.73 Å². The molecule has 0 aliphatic carbocycles. The van der Waals surface area contributed by atoms with E-state index in [-0.39, 0.29) is 31.1 Å². The zero-order valence-corrected chi connectivity index (χ0v) is 11.5. The lowest BCUT2D eigenvalue weighted by molar-refractivity contribution is 0.362. The Kier molecular flexibility index (Phi) is 9.48. The molecule has 0 rings (SSSR count). The van der Waals surface area contributed by atoms with Crippen molar-refractivity contribution in [2.75, 3.05) is 19.0 Å². The summed E-state index contributed by atoms with van der Waals surface area (Å²) in [6.45, 7) is 3.41. The summed E-state index contributed by atoms with van der Waals surface area (Å²) >= 11 is 0. The van der Waals surface area contributed by atoms with Gasteiger partial charge in [-0.3, -0.25) is 4.39 Å². The molecule has 0 saturated carbocycles. The van der Waals surface area contributed by atoms with Crippen molar-refractivity contribution in [1.82, 2.24) is 4.72 Å². The molecule has 0 aromatic heterocycles. The summed E-state index contributed by atoms with van der Waals surface area (Å²) < 4.78 is 37.6. The first-order chi connectivity index (χ1) is 6.95. The third-order valence-corrected chi connectivity index (χ3v) is 4.23. The lowest BCUT2D eigenvalue weighted by atomic mass is 9.95. The van der Waals surface area contributed by atoms with Gasteiger partial charge in [-0.05, 0) is 19.3 Å². The molecule has 0 aromatic rings. The summed E-state index contributed by atoms with van der Waals surface area (Å²) in [5.41, 5.74) is 4.99. The van der Waals surface area contributed by atoms with Crippen LogP contribution in [-0.4, -0.2) is 32.9 Å². The highest BCUT2D eigenvalue weighted by atomic mass is 35.5. The van der Waals surface area contributed by atoms with Crippen molar-refractivity contribution in [3.8, 4) is 0 Å². The second-order valence-corrected chi connectivity index (χ2v) is 5.50. The molecule has 0 amide bonds. The predicted molar refractivity (Wildman–Crippen MR) is 67.1 cm³/mol. The van der Waals surface area contributed by atoms with Crippen LogP contribution in [0.25, 0.3) is 0 Å². The van der Waals surface area contributed by atoms with Crippen molar-refractivity contribution in [1.29, 1.82) is 0 Å². The van der Waals surface area contributed by atoms with Gasteiger partial charge >= 0.3 is 0 Å². The van der Waals surface area contributed by atoms with Crippen LogP contribution in [0.3, 0.4) is 0 Å². The third kappa shape index (κ3) is 5.98. The Morgan fingerprint density at radius 3 is 2.12 bits per heavy atom. The number of sulfonamides is 1. The molecule has 7 heteroatoms. The first-order valence-corrected chi connectivity index (χ1v) is 6.88. The van der Waals surface area contributed by atoms with Crippen LogP contribution in [0.15, 0.2) is 0 Å². The maximum absolute atomic E-state index is 11.9. The average molecular weight is 277 g/mol. The van der Waals surface area contributed by atoms with Gasteiger partial charge in [0.05, 0.1) is 12.4 Å². The van der Waals surface area contributed by atoms with Gasteiger partial charge in [0.1, 0.15) is 0 Å². The van der Waals surface area contributed by atoms with Gasteiger partial charge in [-0.2, -0.15) is 0 Å². The number of hydrogen-bond donors (Lipinski definition) is 2. The standard InChI is InChI=1S/C9H21FN2O2S.ClH/c1-3-9(4-2,8-11)12-15(13,14)7-5-6-10;/h12H,3-8,11H2,1-2H3;1H. The van der Waals surface area contributed by atoms with Crippen LogP contribution in [0.4, 0.5) is 4.39 Å². The molecule has 0 unspecified atom stereocenters. The van der Waals surface area contributed by atoms with Gasteiger partial charge in [-0.15, -0.1) is 12.4 Å². The monoisotopic (exact) mass is 276 g/mol. The fraction of sp³-hybridized carbons (Fsp3) is 1.00. The molecular formula is C9H22ClFN2O2S. The molecule has 0 aliphatic rings. The Morgan fingerprint density at radius 2 is 1.81 bits per heavy atom. The smallest absolute Gasteiger partial charge is 0.212 e. The fourth-order valence-corrected chi connectivity index (χ4v) is 2.97. The minimum atomic E-state index is -3.41. The van der Waals surface area contributed by atoms with Crippen LogP contribution >= 0.6 is 12.4 Å². The summed E-state index contributed by atoms with van der Waals surface area (Å²) in [6.07, 6.45) is 1.30. The molecule has 16 heavy (non-hydrogen) atoms. The van der Waals surface area contributed by atoms with Crippen molar-refractivity contribution >= 4 is 22.4 Å². The SMILES string of the molecule is CCC(CC)(CN)NS(=O)(=O)CCCF.Cl. The minimum absolute atomic E-state index is 0. The van der Waals surface area contributed by atoms with E-state index in [0.29, 0.717) is 12.8 Å². The van der Waals surface area contributed by atoms with Gasteiger partial charge in [0, 0.05) is 12.1 Å². The molecule has 3 N–H and O–H groups in total. The van der Waals surface area contributed by atoms with E-state index in [4.69, 9.17) is 5.73 Å². The Balaban J connectivity index is 0. The number of alkyl halides is 1. The third-order valence-electron chi connectivity index (χ3n) is 2.66. The van der Waals surface area contributed by atoms with Gasteiger partial charge in [0.15, 0.2) is 0 Å². The number of halogens is 2. The van der Waals surface area contributed by atoms with Crippen LogP contribution in [0.1, 0.15) is 33.1 Å². The molecule has 0 radical (unpaired) electrons. The van der Waals surface area contributed by atoms with Crippen molar-refractivity contribution < 1.29 is 12.8 Å². The van der Waals surface area contributed by atoms with Crippen molar-refractivity contribution in [3.05, 3.63) is 0 Å². The Morgan fingerprint density at radius 1 is 1.31 bits per heavy atom. The van der Waals surface area contributed by atoms with Gasteiger partial charge in [-0.1, -0.05) is 13.8 Å². The van der Waals surface area contributed by atoms with Gasteiger partial charge in [0.25, 0.3) is 0 Å². The van der Waals surface area contributed by atoms with E-state index in [1.165, 1.54) is 0 Å². The molecule has 0 aromatic carbocycles. The van der Waals surface area contributed by atoms with Crippen LogP contribution in [0.5, 0.6) is 0 Å². The molecule has 0 spiro atoms. The van der Waals surface area contributed by atoms with Crippen molar-refractivity contribution in [3.63, 3.8) is 0 Å². The first kappa shape index (κ1) is 18.5. The zero-order valence-electron chi connectivity index (χ0n) is 9.83. The van der Waals surface area contributed by atoms with Crippen LogP contribution in [0, 0.1) is 0 Å². The molecule has 0 fully saturated rings. The number of hydrogen-bond acceptors (Lipinski definition) is 3. The Hall–Kier alpha value is 0.0900. The van der Waals surface area contributed by atoms with Crippen LogP contribution in [0.2, 0.25) is 0 Å². The first-order valence-electron chi connectivity index (χ1n) is 5.23. The largest absolute Gasteiger partial charge is 0.329 e. The molecule has 0 bridgehead atoms. The maximum atomic E-state index is 11.9. The summed E-state index contributed by atoms with van der Waals surface area (Å²) in [4.78, 5) is 0. The van der Waals surface area contributed by atoms with E-state index in [1.54, 1.807) is 0 Å². The highest BCUT2D eigenvalue weighted by Gasteiger charge is 2.29. The molecular weight excluding hydrogens is 255 g/mol.